The third-order valence-corrected chi connectivity index (χ3v) is 4.88. The van der Waals surface area contributed by atoms with Crippen molar-refractivity contribution in [2.24, 2.45) is 0 Å². The third kappa shape index (κ3) is 3.24. The van der Waals surface area contributed by atoms with E-state index in [1.807, 2.05) is 6.07 Å². The molecule has 1 aliphatic rings. The van der Waals surface area contributed by atoms with Crippen molar-refractivity contribution in [1.82, 2.24) is 0 Å². The number of rotatable bonds is 2. The number of hydrogen-bond acceptors (Lipinski definition) is 3. The van der Waals surface area contributed by atoms with Crippen molar-refractivity contribution >= 4 is 28.6 Å². The molecule has 2 aromatic rings. The fourth-order valence-electron chi connectivity index (χ4n) is 2.66. The minimum atomic E-state index is -0.452. The van der Waals surface area contributed by atoms with Gasteiger partial charge in [-0.1, -0.05) is 6.42 Å². The third-order valence-electron chi connectivity index (χ3n) is 3.65. The van der Waals surface area contributed by atoms with Crippen LogP contribution in [0.4, 0.5) is 15.8 Å². The second kappa shape index (κ2) is 5.85. The molecule has 1 amide bonds. The predicted molar refractivity (Wildman–Crippen MR) is 84.3 cm³/mol. The van der Waals surface area contributed by atoms with E-state index in [-0.39, 0.29) is 5.91 Å². The second-order valence-electron chi connectivity index (χ2n) is 5.35. The maximum Gasteiger partial charge on any atom is 0.265 e. The molecule has 0 saturated carbocycles. The van der Waals surface area contributed by atoms with Crippen LogP contribution in [0.25, 0.3) is 0 Å². The van der Waals surface area contributed by atoms with E-state index in [2.05, 4.69) is 5.32 Å². The number of hydrogen-bond donors (Lipinski definition) is 2. The lowest BCUT2D eigenvalue weighted by Gasteiger charge is -2.05. The van der Waals surface area contributed by atoms with E-state index in [9.17, 15) is 9.18 Å². The van der Waals surface area contributed by atoms with Crippen molar-refractivity contribution in [1.29, 1.82) is 0 Å². The summed E-state index contributed by atoms with van der Waals surface area (Å²) in [6, 6.07) is 6.03. The number of nitrogens with one attached hydrogen (secondary N) is 1. The van der Waals surface area contributed by atoms with Crippen LogP contribution in [0.5, 0.6) is 0 Å². The molecule has 5 heteroatoms. The Kier molecular flexibility index (Phi) is 3.92. The zero-order valence-electron chi connectivity index (χ0n) is 11.6. The van der Waals surface area contributed by atoms with Gasteiger partial charge in [0.1, 0.15) is 5.82 Å². The van der Waals surface area contributed by atoms with Gasteiger partial charge in [-0.05, 0) is 55.5 Å². The highest BCUT2D eigenvalue weighted by molar-refractivity contribution is 7.14. The van der Waals surface area contributed by atoms with Crippen LogP contribution in [-0.2, 0) is 12.8 Å². The Bertz CT molecular complexity index is 637. The minimum absolute atomic E-state index is 0.196. The van der Waals surface area contributed by atoms with Gasteiger partial charge in [-0.15, -0.1) is 11.3 Å². The molecule has 1 aromatic heterocycles. The fourth-order valence-corrected chi connectivity index (χ4v) is 3.81. The predicted octanol–water partition coefficient (Wildman–Crippen LogP) is 3.99. The first-order valence-electron chi connectivity index (χ1n) is 7.11. The molecule has 3 nitrogen and oxygen atoms in total. The van der Waals surface area contributed by atoms with Crippen molar-refractivity contribution in [3.05, 3.63) is 45.4 Å². The van der Waals surface area contributed by atoms with E-state index in [1.165, 1.54) is 41.8 Å². The molecule has 0 radical (unpaired) electrons. The molecule has 0 atom stereocenters. The lowest BCUT2D eigenvalue weighted by atomic mass is 10.1. The van der Waals surface area contributed by atoms with Gasteiger partial charge < -0.3 is 11.1 Å². The molecule has 0 saturated heterocycles. The van der Waals surface area contributed by atoms with Crippen LogP contribution in [0.1, 0.15) is 39.4 Å². The number of nitrogen functional groups attached to an aromatic ring is 1. The van der Waals surface area contributed by atoms with Crippen LogP contribution in [0.3, 0.4) is 0 Å². The molecule has 1 aromatic carbocycles. The van der Waals surface area contributed by atoms with Crippen LogP contribution < -0.4 is 11.1 Å². The highest BCUT2D eigenvalue weighted by atomic mass is 32.1. The summed E-state index contributed by atoms with van der Waals surface area (Å²) in [5, 5.41) is 2.72. The summed E-state index contributed by atoms with van der Waals surface area (Å²) in [7, 11) is 0. The van der Waals surface area contributed by atoms with Crippen molar-refractivity contribution in [3.8, 4) is 0 Å². The van der Waals surface area contributed by atoms with Gasteiger partial charge in [0.25, 0.3) is 5.91 Å². The van der Waals surface area contributed by atoms with Gasteiger partial charge in [-0.25, -0.2) is 4.39 Å². The number of benzene rings is 1. The highest BCUT2D eigenvalue weighted by Gasteiger charge is 2.16. The van der Waals surface area contributed by atoms with Crippen LogP contribution in [-0.4, -0.2) is 5.91 Å². The Balaban J connectivity index is 1.79. The second-order valence-corrected chi connectivity index (χ2v) is 6.48. The smallest absolute Gasteiger partial charge is 0.265 e. The number of carbonyl (C=O) groups is 1. The topological polar surface area (TPSA) is 55.1 Å². The molecule has 110 valence electrons. The molecule has 0 spiro atoms. The normalized spacial score (nSPS) is 14.3. The van der Waals surface area contributed by atoms with E-state index in [0.717, 1.165) is 12.8 Å². The van der Waals surface area contributed by atoms with Gasteiger partial charge in [-0.2, -0.15) is 0 Å². The average molecular weight is 304 g/mol. The molecule has 0 fully saturated rings. The van der Waals surface area contributed by atoms with Gasteiger partial charge in [-0.3, -0.25) is 4.79 Å². The fraction of sp³-hybridized carbons (Fsp3) is 0.312. The van der Waals surface area contributed by atoms with Crippen molar-refractivity contribution in [2.45, 2.75) is 32.1 Å². The summed E-state index contributed by atoms with van der Waals surface area (Å²) >= 11 is 1.55. The molecule has 0 aliphatic heterocycles. The van der Waals surface area contributed by atoms with Gasteiger partial charge in [0.15, 0.2) is 0 Å². The summed E-state index contributed by atoms with van der Waals surface area (Å²) in [5.41, 5.74) is 7.56. The summed E-state index contributed by atoms with van der Waals surface area (Å²) in [6.07, 6.45) is 5.73. The monoisotopic (exact) mass is 304 g/mol. The Hall–Kier alpha value is -1.88. The summed E-state index contributed by atoms with van der Waals surface area (Å²) < 4.78 is 13.3. The van der Waals surface area contributed by atoms with E-state index < -0.39 is 5.82 Å². The number of aryl methyl sites for hydroxylation is 2. The standard InChI is InChI=1S/C16H17FN2OS/c17-11-7-12(18)9-13(8-11)19-16(20)15-6-10-4-2-1-3-5-14(10)21-15/h6-9H,1-5,18H2,(H,19,20). The molecule has 21 heavy (non-hydrogen) atoms. The first-order chi connectivity index (χ1) is 10.1. The van der Waals surface area contributed by atoms with Crippen LogP contribution in [0, 0.1) is 5.82 Å². The van der Waals surface area contributed by atoms with E-state index in [1.54, 1.807) is 17.4 Å². The number of fused-ring (bicyclic) bond motifs is 1. The van der Waals surface area contributed by atoms with Crippen molar-refractivity contribution in [2.75, 3.05) is 11.1 Å². The first-order valence-corrected chi connectivity index (χ1v) is 7.92. The molecule has 3 rings (SSSR count). The van der Waals surface area contributed by atoms with Gasteiger partial charge >= 0.3 is 0 Å². The number of halogens is 1. The number of thiophene rings is 1. The summed E-state index contributed by atoms with van der Waals surface area (Å²) in [6.45, 7) is 0. The summed E-state index contributed by atoms with van der Waals surface area (Å²) in [5.74, 6) is -0.648. The van der Waals surface area contributed by atoms with Gasteiger partial charge in [0, 0.05) is 16.3 Å². The molecule has 1 heterocycles. The quantitative estimate of drug-likeness (QED) is 0.651. The zero-order valence-corrected chi connectivity index (χ0v) is 12.4. The molecular formula is C16H17FN2OS. The van der Waals surface area contributed by atoms with Gasteiger partial charge in [0.05, 0.1) is 4.88 Å². The Labute approximate surface area is 127 Å². The Morgan fingerprint density at radius 3 is 2.76 bits per heavy atom. The zero-order chi connectivity index (χ0) is 14.8. The summed E-state index contributed by atoms with van der Waals surface area (Å²) in [4.78, 5) is 14.3. The average Bonchev–Trinajstić information content (AvgIpc) is 2.69. The lowest BCUT2D eigenvalue weighted by molar-refractivity contribution is 0.103. The van der Waals surface area contributed by atoms with E-state index in [0.29, 0.717) is 16.3 Å². The molecular weight excluding hydrogens is 287 g/mol. The number of amides is 1. The Morgan fingerprint density at radius 2 is 1.95 bits per heavy atom. The Morgan fingerprint density at radius 1 is 1.14 bits per heavy atom. The van der Waals surface area contributed by atoms with E-state index in [4.69, 9.17) is 5.73 Å². The van der Waals surface area contributed by atoms with E-state index >= 15 is 0 Å². The number of anilines is 2. The maximum atomic E-state index is 13.3. The largest absolute Gasteiger partial charge is 0.399 e. The highest BCUT2D eigenvalue weighted by Crippen LogP contribution is 2.29. The lowest BCUT2D eigenvalue weighted by Crippen LogP contribution is -2.10. The molecule has 0 unspecified atom stereocenters. The first kappa shape index (κ1) is 14.1. The molecule has 1 aliphatic carbocycles. The van der Waals surface area contributed by atoms with Crippen molar-refractivity contribution < 1.29 is 9.18 Å². The van der Waals surface area contributed by atoms with Crippen molar-refractivity contribution in [3.63, 3.8) is 0 Å². The minimum Gasteiger partial charge on any atom is -0.399 e. The SMILES string of the molecule is Nc1cc(F)cc(NC(=O)c2cc3c(s2)CCCCC3)c1. The van der Waals surface area contributed by atoms with Crippen LogP contribution in [0.2, 0.25) is 0 Å². The number of carbonyl (C=O) groups excluding carboxylic acids is 1. The maximum absolute atomic E-state index is 13.3. The van der Waals surface area contributed by atoms with Gasteiger partial charge in [0.2, 0.25) is 0 Å². The number of nitrogens with two attached hydrogens (primary N) is 1. The molecule has 3 N–H and O–H groups in total. The van der Waals surface area contributed by atoms with Crippen LogP contribution >= 0.6 is 11.3 Å². The van der Waals surface area contributed by atoms with Crippen LogP contribution in [0.15, 0.2) is 24.3 Å². The molecule has 0 bridgehead atoms.